The molecule has 0 bridgehead atoms. The van der Waals surface area contributed by atoms with Crippen LogP contribution in [0.5, 0.6) is 5.75 Å². The van der Waals surface area contributed by atoms with Gasteiger partial charge in [0.15, 0.2) is 0 Å². The number of ether oxygens (including phenoxy) is 2. The Balaban J connectivity index is 2.74. The summed E-state index contributed by atoms with van der Waals surface area (Å²) in [4.78, 5) is 0. The summed E-state index contributed by atoms with van der Waals surface area (Å²) < 4.78 is 46.6. The summed E-state index contributed by atoms with van der Waals surface area (Å²) in [6.07, 6.45) is -4.31. The van der Waals surface area contributed by atoms with Crippen molar-refractivity contribution in [3.8, 4) is 5.75 Å². The molecule has 0 saturated heterocycles. The van der Waals surface area contributed by atoms with E-state index in [-0.39, 0.29) is 12.6 Å². The molecule has 20 heavy (non-hydrogen) atoms. The lowest BCUT2D eigenvalue weighted by Crippen LogP contribution is -2.28. The lowest BCUT2D eigenvalue weighted by atomic mass is 10.1. The summed E-state index contributed by atoms with van der Waals surface area (Å²) in [7, 11) is 0. The Morgan fingerprint density at radius 3 is 2.50 bits per heavy atom. The first-order chi connectivity index (χ1) is 9.48. The normalized spacial score (nSPS) is 13.2. The summed E-state index contributed by atoms with van der Waals surface area (Å²) in [6.45, 7) is 3.57. The molecule has 0 spiro atoms. The number of likely N-dealkylation sites (N-methyl/N-ethyl adjacent to an activating group) is 1. The van der Waals surface area contributed by atoms with Crippen molar-refractivity contribution in [3.05, 3.63) is 29.8 Å². The molecule has 0 aliphatic carbocycles. The second-order valence-corrected chi connectivity index (χ2v) is 4.21. The highest BCUT2D eigenvalue weighted by molar-refractivity contribution is 5.36. The van der Waals surface area contributed by atoms with Crippen LogP contribution in [-0.4, -0.2) is 32.5 Å². The van der Waals surface area contributed by atoms with Gasteiger partial charge < -0.3 is 14.8 Å². The molecule has 0 aliphatic rings. The molecule has 0 radical (unpaired) electrons. The highest BCUT2D eigenvalue weighted by Gasteiger charge is 2.28. The standard InChI is InChI=1S/C14H20F3NO2/c1-3-18-12(9-19-10-14(15,16)17)11-7-5-6-8-13(11)20-4-2/h5-8,12,18H,3-4,9-10H2,1-2H3. The van der Waals surface area contributed by atoms with Crippen molar-refractivity contribution < 1.29 is 22.6 Å². The van der Waals surface area contributed by atoms with E-state index in [4.69, 9.17) is 9.47 Å². The van der Waals surface area contributed by atoms with E-state index in [1.54, 1.807) is 6.07 Å². The van der Waals surface area contributed by atoms with Gasteiger partial charge in [0.1, 0.15) is 12.4 Å². The van der Waals surface area contributed by atoms with Crippen LogP contribution in [0.15, 0.2) is 24.3 Å². The molecule has 0 amide bonds. The fraction of sp³-hybridized carbons (Fsp3) is 0.571. The third kappa shape index (κ3) is 5.79. The van der Waals surface area contributed by atoms with E-state index in [1.165, 1.54) is 0 Å². The van der Waals surface area contributed by atoms with E-state index in [9.17, 15) is 13.2 Å². The number of hydrogen-bond acceptors (Lipinski definition) is 3. The molecule has 1 atom stereocenters. The molecular weight excluding hydrogens is 271 g/mol. The first-order valence-corrected chi connectivity index (χ1v) is 6.57. The van der Waals surface area contributed by atoms with Gasteiger partial charge in [-0.25, -0.2) is 0 Å². The average Bonchev–Trinajstić information content (AvgIpc) is 2.37. The number of nitrogens with one attached hydrogen (secondary N) is 1. The fourth-order valence-corrected chi connectivity index (χ4v) is 1.85. The Bertz CT molecular complexity index is 396. The van der Waals surface area contributed by atoms with E-state index in [0.29, 0.717) is 18.9 Å². The van der Waals surface area contributed by atoms with Crippen LogP contribution in [0.1, 0.15) is 25.5 Å². The Morgan fingerprint density at radius 1 is 1.20 bits per heavy atom. The molecule has 0 saturated carbocycles. The number of hydrogen-bond donors (Lipinski definition) is 1. The summed E-state index contributed by atoms with van der Waals surface area (Å²) in [6, 6.07) is 6.95. The second kappa shape index (κ2) is 8.11. The second-order valence-electron chi connectivity index (χ2n) is 4.21. The van der Waals surface area contributed by atoms with Crippen molar-refractivity contribution in [3.63, 3.8) is 0 Å². The molecule has 1 rings (SSSR count). The fourth-order valence-electron chi connectivity index (χ4n) is 1.85. The molecule has 1 unspecified atom stereocenters. The van der Waals surface area contributed by atoms with E-state index in [1.807, 2.05) is 32.0 Å². The quantitative estimate of drug-likeness (QED) is 0.797. The van der Waals surface area contributed by atoms with Crippen LogP contribution >= 0.6 is 0 Å². The van der Waals surface area contributed by atoms with Crippen LogP contribution in [0.3, 0.4) is 0 Å². The van der Waals surface area contributed by atoms with Crippen LogP contribution < -0.4 is 10.1 Å². The minimum atomic E-state index is -4.31. The zero-order valence-corrected chi connectivity index (χ0v) is 11.7. The van der Waals surface area contributed by atoms with Gasteiger partial charge in [0, 0.05) is 5.56 Å². The van der Waals surface area contributed by atoms with E-state index in [0.717, 1.165) is 5.56 Å². The van der Waals surface area contributed by atoms with E-state index >= 15 is 0 Å². The minimum Gasteiger partial charge on any atom is -0.494 e. The van der Waals surface area contributed by atoms with Crippen LogP contribution in [0.25, 0.3) is 0 Å². The smallest absolute Gasteiger partial charge is 0.411 e. The number of benzene rings is 1. The Kier molecular flexibility index (Phi) is 6.81. The Morgan fingerprint density at radius 2 is 1.90 bits per heavy atom. The predicted octanol–water partition coefficient (Wildman–Crippen LogP) is 3.31. The zero-order valence-electron chi connectivity index (χ0n) is 11.7. The molecule has 0 aliphatic heterocycles. The zero-order chi connectivity index (χ0) is 15.0. The molecular formula is C14H20F3NO2. The maximum atomic E-state index is 12.1. The van der Waals surface area contributed by atoms with Crippen LogP contribution in [0.4, 0.5) is 13.2 Å². The lowest BCUT2D eigenvalue weighted by Gasteiger charge is -2.21. The molecule has 0 aromatic heterocycles. The highest BCUT2D eigenvalue weighted by Crippen LogP contribution is 2.26. The summed E-state index contributed by atoms with van der Waals surface area (Å²) >= 11 is 0. The third-order valence-electron chi connectivity index (χ3n) is 2.60. The number of halogens is 3. The maximum Gasteiger partial charge on any atom is 0.411 e. The number of para-hydroxylation sites is 1. The largest absolute Gasteiger partial charge is 0.494 e. The molecule has 114 valence electrons. The highest BCUT2D eigenvalue weighted by atomic mass is 19.4. The van der Waals surface area contributed by atoms with Crippen molar-refractivity contribution in [1.29, 1.82) is 0 Å². The van der Waals surface area contributed by atoms with Gasteiger partial charge in [0.05, 0.1) is 19.3 Å². The first kappa shape index (κ1) is 16.8. The molecule has 3 nitrogen and oxygen atoms in total. The van der Waals surface area contributed by atoms with Crippen LogP contribution in [0.2, 0.25) is 0 Å². The van der Waals surface area contributed by atoms with Gasteiger partial charge in [-0.2, -0.15) is 13.2 Å². The van der Waals surface area contributed by atoms with Gasteiger partial charge in [-0.05, 0) is 19.5 Å². The average molecular weight is 291 g/mol. The number of alkyl halides is 3. The predicted molar refractivity (Wildman–Crippen MR) is 70.9 cm³/mol. The maximum absolute atomic E-state index is 12.1. The molecule has 0 fully saturated rings. The monoisotopic (exact) mass is 291 g/mol. The van der Waals surface area contributed by atoms with Crippen molar-refractivity contribution in [2.75, 3.05) is 26.4 Å². The Hall–Kier alpha value is -1.27. The molecule has 0 heterocycles. The summed E-state index contributed by atoms with van der Waals surface area (Å²) in [5.41, 5.74) is 0.804. The SMILES string of the molecule is CCNC(COCC(F)(F)F)c1ccccc1OCC. The Labute approximate surface area is 117 Å². The number of rotatable bonds is 8. The van der Waals surface area contributed by atoms with Gasteiger partial charge in [0.2, 0.25) is 0 Å². The molecule has 1 aromatic rings. The van der Waals surface area contributed by atoms with Gasteiger partial charge in [-0.15, -0.1) is 0 Å². The topological polar surface area (TPSA) is 30.5 Å². The van der Waals surface area contributed by atoms with E-state index < -0.39 is 12.8 Å². The molecule has 1 aromatic carbocycles. The van der Waals surface area contributed by atoms with Gasteiger partial charge in [0.25, 0.3) is 0 Å². The third-order valence-corrected chi connectivity index (χ3v) is 2.60. The molecule has 6 heteroatoms. The summed E-state index contributed by atoms with van der Waals surface area (Å²) in [5, 5.41) is 3.11. The van der Waals surface area contributed by atoms with Crippen LogP contribution in [-0.2, 0) is 4.74 Å². The lowest BCUT2D eigenvalue weighted by molar-refractivity contribution is -0.175. The summed E-state index contributed by atoms with van der Waals surface area (Å²) in [5.74, 6) is 0.663. The first-order valence-electron chi connectivity index (χ1n) is 6.57. The van der Waals surface area contributed by atoms with E-state index in [2.05, 4.69) is 5.32 Å². The van der Waals surface area contributed by atoms with Crippen LogP contribution in [0, 0.1) is 0 Å². The van der Waals surface area contributed by atoms with Gasteiger partial charge in [-0.3, -0.25) is 0 Å². The van der Waals surface area contributed by atoms with Crippen molar-refractivity contribution >= 4 is 0 Å². The van der Waals surface area contributed by atoms with Gasteiger partial charge >= 0.3 is 6.18 Å². The van der Waals surface area contributed by atoms with Crippen molar-refractivity contribution in [1.82, 2.24) is 5.32 Å². The van der Waals surface area contributed by atoms with Crippen molar-refractivity contribution in [2.45, 2.75) is 26.1 Å². The molecule has 1 N–H and O–H groups in total. The minimum absolute atomic E-state index is 0.0581. The van der Waals surface area contributed by atoms with Gasteiger partial charge in [-0.1, -0.05) is 25.1 Å². The van der Waals surface area contributed by atoms with Crippen molar-refractivity contribution in [2.24, 2.45) is 0 Å².